The number of hydrogen-bond acceptors (Lipinski definition) is 2. The summed E-state index contributed by atoms with van der Waals surface area (Å²) in [5.74, 6) is -0.979. The first-order valence-electron chi connectivity index (χ1n) is 4.18. The summed E-state index contributed by atoms with van der Waals surface area (Å²) in [5, 5.41) is 0. The molecule has 0 N–H and O–H groups in total. The van der Waals surface area contributed by atoms with Crippen LogP contribution in [0.1, 0.15) is 39.0 Å². The van der Waals surface area contributed by atoms with E-state index in [2.05, 4.69) is 11.2 Å². The average molecular weight is 197 g/mol. The molecule has 72 valence electrons. The van der Waals surface area contributed by atoms with Crippen molar-refractivity contribution in [1.82, 2.24) is 0 Å². The maximum Gasteiger partial charge on any atom is 0.358 e. The number of alkyl halides is 1. The largest absolute Gasteiger partial charge is 0.358 e. The highest BCUT2D eigenvalue weighted by Crippen LogP contribution is 2.09. The molecule has 0 bridgehead atoms. The third kappa shape index (κ3) is 5.35. The molecule has 12 heavy (non-hydrogen) atoms. The summed E-state index contributed by atoms with van der Waals surface area (Å²) in [6.45, 7) is 2.07. The molecule has 1 atom stereocenters. The van der Waals surface area contributed by atoms with Gasteiger partial charge in [-0.1, -0.05) is 26.2 Å². The van der Waals surface area contributed by atoms with E-state index in [9.17, 15) is 9.18 Å². The van der Waals surface area contributed by atoms with Gasteiger partial charge in [-0.2, -0.15) is 0 Å². The standard InChI is InChI=1S/C8H14ClFO2/c1-2-3-4-5-6-7(10)8(11)12-9/h7H,2-6H2,1H3. The Morgan fingerprint density at radius 1 is 1.50 bits per heavy atom. The molecule has 0 saturated heterocycles. The Hall–Kier alpha value is -0.310. The van der Waals surface area contributed by atoms with Crippen LogP contribution in [0.15, 0.2) is 0 Å². The van der Waals surface area contributed by atoms with Crippen LogP contribution in [0.5, 0.6) is 0 Å². The van der Waals surface area contributed by atoms with E-state index >= 15 is 0 Å². The van der Waals surface area contributed by atoms with E-state index in [4.69, 9.17) is 11.9 Å². The zero-order valence-electron chi connectivity index (χ0n) is 7.19. The van der Waals surface area contributed by atoms with Gasteiger partial charge < -0.3 is 4.29 Å². The van der Waals surface area contributed by atoms with Crippen LogP contribution in [0.4, 0.5) is 4.39 Å². The Morgan fingerprint density at radius 3 is 2.67 bits per heavy atom. The van der Waals surface area contributed by atoms with Crippen molar-refractivity contribution in [3.8, 4) is 0 Å². The van der Waals surface area contributed by atoms with Gasteiger partial charge in [-0.05, 0) is 12.8 Å². The molecule has 1 unspecified atom stereocenters. The Morgan fingerprint density at radius 2 is 2.17 bits per heavy atom. The van der Waals surface area contributed by atoms with Gasteiger partial charge in [0.1, 0.15) is 11.9 Å². The first-order chi connectivity index (χ1) is 5.72. The van der Waals surface area contributed by atoms with Gasteiger partial charge in [0, 0.05) is 0 Å². The fraction of sp³-hybridized carbons (Fsp3) is 0.875. The van der Waals surface area contributed by atoms with Crippen LogP contribution in [0, 0.1) is 0 Å². The zero-order valence-corrected chi connectivity index (χ0v) is 7.94. The third-order valence-electron chi connectivity index (χ3n) is 1.64. The molecule has 0 aliphatic heterocycles. The molecular weight excluding hydrogens is 183 g/mol. The van der Waals surface area contributed by atoms with Gasteiger partial charge in [0.25, 0.3) is 0 Å². The van der Waals surface area contributed by atoms with E-state index in [0.29, 0.717) is 6.42 Å². The summed E-state index contributed by atoms with van der Waals surface area (Å²) in [5.41, 5.74) is 0. The Labute approximate surface area is 77.2 Å². The Balaban J connectivity index is 3.31. The normalized spacial score (nSPS) is 12.6. The molecule has 0 amide bonds. The van der Waals surface area contributed by atoms with Gasteiger partial charge in [0.05, 0.1) is 0 Å². The summed E-state index contributed by atoms with van der Waals surface area (Å²) in [6, 6.07) is 0. The molecule has 2 nitrogen and oxygen atoms in total. The molecule has 0 heterocycles. The fourth-order valence-electron chi connectivity index (χ4n) is 0.917. The molecule has 0 radical (unpaired) electrons. The lowest BCUT2D eigenvalue weighted by Gasteiger charge is -2.02. The van der Waals surface area contributed by atoms with Gasteiger partial charge >= 0.3 is 5.97 Å². The monoisotopic (exact) mass is 196 g/mol. The van der Waals surface area contributed by atoms with Crippen molar-refractivity contribution in [1.29, 1.82) is 0 Å². The molecule has 0 aromatic heterocycles. The zero-order chi connectivity index (χ0) is 9.40. The Bertz CT molecular complexity index is 130. The minimum atomic E-state index is -1.56. The lowest BCUT2D eigenvalue weighted by Crippen LogP contribution is -2.14. The van der Waals surface area contributed by atoms with Crippen molar-refractivity contribution in [2.24, 2.45) is 0 Å². The Kier molecular flexibility index (Phi) is 7.16. The SMILES string of the molecule is CCCCCCC(F)C(=O)OCl. The summed E-state index contributed by atoms with van der Waals surface area (Å²) in [7, 11) is 0. The van der Waals surface area contributed by atoms with Crippen LogP contribution in [0.2, 0.25) is 0 Å². The van der Waals surface area contributed by atoms with Crippen LogP contribution in [0.3, 0.4) is 0 Å². The maximum absolute atomic E-state index is 12.7. The summed E-state index contributed by atoms with van der Waals surface area (Å²) in [6.07, 6.45) is 2.48. The fourth-order valence-corrected chi connectivity index (χ4v) is 1.01. The third-order valence-corrected chi connectivity index (χ3v) is 1.79. The first kappa shape index (κ1) is 11.7. The van der Waals surface area contributed by atoms with E-state index in [0.717, 1.165) is 19.3 Å². The van der Waals surface area contributed by atoms with Crippen LogP contribution in [-0.2, 0) is 9.08 Å². The minimum Gasteiger partial charge on any atom is -0.345 e. The van der Waals surface area contributed by atoms with Crippen LogP contribution >= 0.6 is 11.9 Å². The van der Waals surface area contributed by atoms with E-state index < -0.39 is 12.1 Å². The summed E-state index contributed by atoms with van der Waals surface area (Å²) >= 11 is 4.70. The van der Waals surface area contributed by atoms with E-state index in [1.54, 1.807) is 0 Å². The highest BCUT2D eigenvalue weighted by molar-refractivity contribution is 6.13. The van der Waals surface area contributed by atoms with E-state index in [1.165, 1.54) is 0 Å². The molecule has 0 aliphatic rings. The highest BCUT2D eigenvalue weighted by atomic mass is 35.5. The van der Waals surface area contributed by atoms with Crippen LogP contribution < -0.4 is 0 Å². The molecule has 0 aromatic carbocycles. The van der Waals surface area contributed by atoms with E-state index in [1.807, 2.05) is 0 Å². The van der Waals surface area contributed by atoms with Crippen molar-refractivity contribution in [2.75, 3.05) is 0 Å². The molecule has 4 heteroatoms. The minimum absolute atomic E-state index is 0.214. The summed E-state index contributed by atoms with van der Waals surface area (Å²) < 4.78 is 16.4. The highest BCUT2D eigenvalue weighted by Gasteiger charge is 2.17. The molecule has 0 aromatic rings. The molecule has 0 fully saturated rings. The van der Waals surface area contributed by atoms with Crippen molar-refractivity contribution in [2.45, 2.75) is 45.2 Å². The second-order valence-corrected chi connectivity index (χ2v) is 2.87. The topological polar surface area (TPSA) is 26.3 Å². The maximum atomic E-state index is 12.7. The second kappa shape index (κ2) is 7.35. The number of carbonyl (C=O) groups excluding carboxylic acids is 1. The molecule has 0 aliphatic carbocycles. The van der Waals surface area contributed by atoms with Gasteiger partial charge in [-0.3, -0.25) is 0 Å². The van der Waals surface area contributed by atoms with Crippen molar-refractivity contribution in [3.63, 3.8) is 0 Å². The van der Waals surface area contributed by atoms with Gasteiger partial charge in [-0.15, -0.1) is 0 Å². The molecule has 0 saturated carbocycles. The number of hydrogen-bond donors (Lipinski definition) is 0. The van der Waals surface area contributed by atoms with Crippen LogP contribution in [-0.4, -0.2) is 12.1 Å². The smallest absolute Gasteiger partial charge is 0.345 e. The van der Waals surface area contributed by atoms with Gasteiger partial charge in [0.15, 0.2) is 6.17 Å². The quantitative estimate of drug-likeness (QED) is 0.611. The van der Waals surface area contributed by atoms with Crippen LogP contribution in [0.25, 0.3) is 0 Å². The predicted octanol–water partition coefficient (Wildman–Crippen LogP) is 2.99. The van der Waals surface area contributed by atoms with Crippen molar-refractivity contribution >= 4 is 17.8 Å². The second-order valence-electron chi connectivity index (χ2n) is 2.71. The van der Waals surface area contributed by atoms with E-state index in [-0.39, 0.29) is 6.42 Å². The molecule has 0 spiro atoms. The number of carbonyl (C=O) groups is 1. The number of rotatable bonds is 6. The lowest BCUT2D eigenvalue weighted by atomic mass is 10.1. The molecular formula is C8H14ClFO2. The lowest BCUT2D eigenvalue weighted by molar-refractivity contribution is -0.139. The van der Waals surface area contributed by atoms with Crippen molar-refractivity contribution < 1.29 is 13.5 Å². The van der Waals surface area contributed by atoms with Gasteiger partial charge in [0.2, 0.25) is 0 Å². The van der Waals surface area contributed by atoms with Gasteiger partial charge in [-0.25, -0.2) is 9.18 Å². The van der Waals surface area contributed by atoms with Crippen molar-refractivity contribution in [3.05, 3.63) is 0 Å². The predicted molar refractivity (Wildman–Crippen MR) is 45.6 cm³/mol. The molecule has 0 rings (SSSR count). The average Bonchev–Trinajstić information content (AvgIpc) is 2.10. The summed E-state index contributed by atoms with van der Waals surface area (Å²) in [4.78, 5) is 10.4. The number of unbranched alkanes of at least 4 members (excludes halogenated alkanes) is 3. The number of halogens is 2. The first-order valence-corrected chi connectivity index (χ1v) is 4.49.